The minimum atomic E-state index is -0.762. The number of hydrogen-bond acceptors (Lipinski definition) is 4. The van der Waals surface area contributed by atoms with Gasteiger partial charge < -0.3 is 10.1 Å². The highest BCUT2D eigenvalue weighted by atomic mass is 19.1. The number of benzene rings is 1. The third-order valence-corrected chi connectivity index (χ3v) is 3.98. The summed E-state index contributed by atoms with van der Waals surface area (Å²) in [5.74, 6) is -1.53. The van der Waals surface area contributed by atoms with Gasteiger partial charge in [0.25, 0.3) is 11.8 Å². The largest absolute Gasteiger partial charge is 0.481 e. The minimum absolute atomic E-state index is 0.168. The van der Waals surface area contributed by atoms with E-state index in [4.69, 9.17) is 4.74 Å². The molecule has 0 aliphatic carbocycles. The summed E-state index contributed by atoms with van der Waals surface area (Å²) < 4.78 is 19.5. The Kier molecular flexibility index (Phi) is 2.87. The molecule has 1 N–H and O–H groups in total. The Morgan fingerprint density at radius 1 is 1.22 bits per heavy atom. The number of allylic oxidation sites excluding steroid dienone is 1. The van der Waals surface area contributed by atoms with Gasteiger partial charge in [0.05, 0.1) is 11.4 Å². The van der Waals surface area contributed by atoms with Crippen LogP contribution in [0.4, 0.5) is 20.6 Å². The van der Waals surface area contributed by atoms with E-state index in [9.17, 15) is 18.8 Å². The third-order valence-electron chi connectivity index (χ3n) is 3.98. The fraction of sp³-hybridized carbons (Fsp3) is 0.267. The molecule has 0 aromatic heterocycles. The van der Waals surface area contributed by atoms with Crippen LogP contribution in [-0.4, -0.2) is 35.9 Å². The smallest absolute Gasteiger partial charge is 0.336 e. The Morgan fingerprint density at radius 3 is 2.83 bits per heavy atom. The second-order valence-corrected chi connectivity index (χ2v) is 5.44. The zero-order valence-electron chi connectivity index (χ0n) is 12.0. The fourth-order valence-electron chi connectivity index (χ4n) is 2.92. The van der Waals surface area contributed by atoms with E-state index in [1.165, 1.54) is 11.0 Å². The highest BCUT2D eigenvalue weighted by Crippen LogP contribution is 2.38. The summed E-state index contributed by atoms with van der Waals surface area (Å²) in [6.07, 6.45) is 3.15. The predicted octanol–water partition coefficient (Wildman–Crippen LogP) is 1.60. The van der Waals surface area contributed by atoms with Crippen molar-refractivity contribution in [2.45, 2.75) is 12.8 Å². The number of ether oxygens (including phenoxy) is 1. The van der Waals surface area contributed by atoms with Crippen molar-refractivity contribution in [3.8, 4) is 5.75 Å². The quantitative estimate of drug-likeness (QED) is 0.798. The maximum atomic E-state index is 14.4. The number of nitrogens with one attached hydrogen (secondary N) is 1. The second kappa shape index (κ2) is 4.80. The third kappa shape index (κ3) is 1.98. The van der Waals surface area contributed by atoms with Crippen LogP contribution >= 0.6 is 0 Å². The summed E-state index contributed by atoms with van der Waals surface area (Å²) in [5.41, 5.74) is 0.315. The van der Waals surface area contributed by atoms with Crippen LogP contribution in [0.5, 0.6) is 5.75 Å². The molecule has 4 rings (SSSR count). The lowest BCUT2D eigenvalue weighted by atomic mass is 10.1. The second-order valence-electron chi connectivity index (χ2n) is 5.44. The molecule has 0 atom stereocenters. The SMILES string of the molecule is O=C1COc2cc(F)c(N3C(=O)C4=CCCCN4C3=O)cc2N1. The van der Waals surface area contributed by atoms with Crippen LogP contribution in [0.25, 0.3) is 0 Å². The first-order valence-electron chi connectivity index (χ1n) is 7.18. The van der Waals surface area contributed by atoms with Crippen molar-refractivity contribution < 1.29 is 23.5 Å². The van der Waals surface area contributed by atoms with Gasteiger partial charge in [-0.05, 0) is 18.9 Å². The maximum Gasteiger partial charge on any atom is 0.336 e. The van der Waals surface area contributed by atoms with Gasteiger partial charge in [-0.1, -0.05) is 6.08 Å². The van der Waals surface area contributed by atoms with Crippen LogP contribution in [0.3, 0.4) is 0 Å². The molecule has 1 saturated heterocycles. The van der Waals surface area contributed by atoms with Crippen LogP contribution in [0.1, 0.15) is 12.8 Å². The first-order valence-corrected chi connectivity index (χ1v) is 7.18. The number of hydrogen-bond donors (Lipinski definition) is 1. The predicted molar refractivity (Wildman–Crippen MR) is 77.4 cm³/mol. The van der Waals surface area contributed by atoms with Gasteiger partial charge in [-0.3, -0.25) is 14.5 Å². The van der Waals surface area contributed by atoms with Gasteiger partial charge in [0.1, 0.15) is 11.4 Å². The van der Waals surface area contributed by atoms with Gasteiger partial charge in [0.15, 0.2) is 12.4 Å². The number of rotatable bonds is 1. The van der Waals surface area contributed by atoms with E-state index in [1.807, 2.05) is 0 Å². The molecule has 0 spiro atoms. The number of fused-ring (bicyclic) bond motifs is 2. The molecular formula is C15H12FN3O4. The maximum absolute atomic E-state index is 14.4. The van der Waals surface area contributed by atoms with Gasteiger partial charge in [0.2, 0.25) is 0 Å². The summed E-state index contributed by atoms with van der Waals surface area (Å²) in [5, 5.41) is 2.54. The number of anilines is 2. The number of halogens is 1. The average molecular weight is 317 g/mol. The molecule has 118 valence electrons. The van der Waals surface area contributed by atoms with Gasteiger partial charge in [-0.15, -0.1) is 0 Å². The molecule has 4 amide bonds. The molecule has 3 aliphatic heterocycles. The van der Waals surface area contributed by atoms with E-state index < -0.39 is 17.8 Å². The average Bonchev–Trinajstić information content (AvgIpc) is 2.79. The Hall–Kier alpha value is -2.90. The van der Waals surface area contributed by atoms with Crippen molar-refractivity contribution in [3.63, 3.8) is 0 Å². The van der Waals surface area contributed by atoms with Crippen LogP contribution in [0, 0.1) is 5.82 Å². The van der Waals surface area contributed by atoms with Crippen molar-refractivity contribution in [2.24, 2.45) is 0 Å². The number of nitrogens with zero attached hydrogens (tertiary/aromatic N) is 2. The van der Waals surface area contributed by atoms with E-state index >= 15 is 0 Å². The molecule has 3 heterocycles. The lowest BCUT2D eigenvalue weighted by molar-refractivity contribution is -0.118. The Morgan fingerprint density at radius 2 is 2.04 bits per heavy atom. The highest BCUT2D eigenvalue weighted by molar-refractivity contribution is 6.27. The van der Waals surface area contributed by atoms with E-state index in [0.29, 0.717) is 13.0 Å². The number of urea groups is 1. The van der Waals surface area contributed by atoms with Gasteiger partial charge >= 0.3 is 6.03 Å². The molecule has 1 fully saturated rings. The molecule has 1 aromatic rings. The Bertz CT molecular complexity index is 789. The molecule has 0 saturated carbocycles. The normalized spacial score (nSPS) is 19.9. The lowest BCUT2D eigenvalue weighted by Crippen LogP contribution is -2.34. The van der Waals surface area contributed by atoms with Crippen LogP contribution < -0.4 is 15.0 Å². The van der Waals surface area contributed by atoms with Crippen molar-refractivity contribution in [1.29, 1.82) is 0 Å². The Balaban J connectivity index is 1.79. The van der Waals surface area contributed by atoms with E-state index in [-0.39, 0.29) is 35.3 Å². The lowest BCUT2D eigenvalue weighted by Gasteiger charge is -2.22. The first kappa shape index (κ1) is 13.7. The first-order chi connectivity index (χ1) is 11.1. The van der Waals surface area contributed by atoms with Gasteiger partial charge in [0, 0.05) is 12.6 Å². The van der Waals surface area contributed by atoms with Gasteiger partial charge in [-0.25, -0.2) is 14.1 Å². The number of amides is 4. The van der Waals surface area contributed by atoms with E-state index in [0.717, 1.165) is 17.4 Å². The minimum Gasteiger partial charge on any atom is -0.481 e. The molecule has 7 nitrogen and oxygen atoms in total. The van der Waals surface area contributed by atoms with Crippen LogP contribution in [0.2, 0.25) is 0 Å². The summed E-state index contributed by atoms with van der Waals surface area (Å²) >= 11 is 0. The van der Waals surface area contributed by atoms with Crippen molar-refractivity contribution in [3.05, 3.63) is 29.7 Å². The number of imide groups is 1. The van der Waals surface area contributed by atoms with Crippen molar-refractivity contribution in [2.75, 3.05) is 23.4 Å². The molecule has 3 aliphatic rings. The summed E-state index contributed by atoms with van der Waals surface area (Å²) in [6, 6.07) is 1.73. The molecule has 0 bridgehead atoms. The molecule has 0 unspecified atom stereocenters. The molecule has 23 heavy (non-hydrogen) atoms. The number of carbonyl (C=O) groups excluding carboxylic acids is 3. The highest BCUT2D eigenvalue weighted by Gasteiger charge is 2.44. The zero-order chi connectivity index (χ0) is 16.1. The van der Waals surface area contributed by atoms with Crippen LogP contribution in [-0.2, 0) is 9.59 Å². The topological polar surface area (TPSA) is 79.0 Å². The molecule has 0 radical (unpaired) electrons. The van der Waals surface area contributed by atoms with Gasteiger partial charge in [-0.2, -0.15) is 0 Å². The number of carbonyl (C=O) groups is 3. The molecule has 1 aromatic carbocycles. The summed E-state index contributed by atoms with van der Waals surface area (Å²) in [4.78, 5) is 38.4. The van der Waals surface area contributed by atoms with E-state index in [1.54, 1.807) is 6.08 Å². The Labute approximate surface area is 130 Å². The van der Waals surface area contributed by atoms with E-state index in [2.05, 4.69) is 5.32 Å². The van der Waals surface area contributed by atoms with Crippen LogP contribution in [0.15, 0.2) is 23.9 Å². The molecular weight excluding hydrogens is 305 g/mol. The molecule has 8 heteroatoms. The monoisotopic (exact) mass is 317 g/mol. The summed E-state index contributed by atoms with van der Waals surface area (Å²) in [6.45, 7) is 0.230. The van der Waals surface area contributed by atoms with Crippen molar-refractivity contribution >= 4 is 29.2 Å². The zero-order valence-corrected chi connectivity index (χ0v) is 12.0. The summed E-state index contributed by atoms with van der Waals surface area (Å²) in [7, 11) is 0. The standard InChI is InChI=1S/C15H12FN3O4/c16-8-5-12-9(17-13(20)7-23-12)6-11(8)19-14(21)10-3-1-2-4-18(10)15(19)22/h3,5-6H,1-2,4,7H2,(H,17,20). The van der Waals surface area contributed by atoms with Crippen molar-refractivity contribution in [1.82, 2.24) is 4.90 Å². The fourth-order valence-corrected chi connectivity index (χ4v) is 2.92.